The maximum absolute atomic E-state index is 13.9. The molecule has 0 aliphatic carbocycles. The van der Waals surface area contributed by atoms with Crippen LogP contribution in [0.3, 0.4) is 0 Å². The van der Waals surface area contributed by atoms with E-state index in [4.69, 9.17) is 19.3 Å². The van der Waals surface area contributed by atoms with E-state index < -0.39 is 5.54 Å². The maximum Gasteiger partial charge on any atom is 0.275 e. The minimum Gasteiger partial charge on any atom is -0.496 e. The Bertz CT molecular complexity index is 1480. The lowest BCUT2D eigenvalue weighted by molar-refractivity contribution is -0.0374. The summed E-state index contributed by atoms with van der Waals surface area (Å²) in [6.07, 6.45) is 0. The molecule has 5 heterocycles. The number of aromatic amines is 1. The monoisotopic (exact) mass is 519 g/mol. The third kappa shape index (κ3) is 3.74. The number of thiophene rings is 1. The van der Waals surface area contributed by atoms with Crippen LogP contribution < -0.4 is 9.47 Å². The first-order chi connectivity index (χ1) is 17.8. The number of ether oxygens (including phenoxy) is 3. The topological polar surface area (TPSA) is 94.5 Å². The van der Waals surface area contributed by atoms with Crippen LogP contribution in [0, 0.1) is 13.8 Å². The van der Waals surface area contributed by atoms with E-state index in [2.05, 4.69) is 16.3 Å². The van der Waals surface area contributed by atoms with Crippen LogP contribution in [0.4, 0.5) is 0 Å². The third-order valence-electron chi connectivity index (χ3n) is 7.15. The van der Waals surface area contributed by atoms with Gasteiger partial charge >= 0.3 is 0 Å². The van der Waals surface area contributed by atoms with E-state index in [1.165, 1.54) is 0 Å². The van der Waals surface area contributed by atoms with Crippen molar-refractivity contribution in [2.45, 2.75) is 39.8 Å². The molecule has 0 atom stereocenters. The highest BCUT2D eigenvalue weighted by atomic mass is 32.1. The Morgan fingerprint density at radius 2 is 2.08 bits per heavy atom. The second-order valence-electron chi connectivity index (χ2n) is 10.0. The summed E-state index contributed by atoms with van der Waals surface area (Å²) in [5.41, 5.74) is 7.10. The van der Waals surface area contributed by atoms with Gasteiger partial charge in [0.15, 0.2) is 5.69 Å². The molecule has 10 heteroatoms. The fourth-order valence-corrected chi connectivity index (χ4v) is 5.90. The molecule has 3 aromatic heterocycles. The molecule has 0 unspecified atom stereocenters. The number of H-pyrrole nitrogens is 1. The van der Waals surface area contributed by atoms with E-state index >= 15 is 0 Å². The first-order valence-electron chi connectivity index (χ1n) is 12.2. The Labute approximate surface area is 219 Å². The number of rotatable bonds is 4. The highest BCUT2D eigenvalue weighted by Crippen LogP contribution is 2.47. The van der Waals surface area contributed by atoms with E-state index in [0.717, 1.165) is 45.0 Å². The van der Waals surface area contributed by atoms with Crippen LogP contribution in [0.1, 0.15) is 41.3 Å². The van der Waals surface area contributed by atoms with E-state index in [9.17, 15) is 4.79 Å². The molecule has 1 aromatic carbocycles. The zero-order valence-electron chi connectivity index (χ0n) is 21.5. The average Bonchev–Trinajstić information content (AvgIpc) is 3.61. The summed E-state index contributed by atoms with van der Waals surface area (Å²) in [5, 5.41) is 16.4. The maximum atomic E-state index is 13.9. The number of aryl methyl sites for hydroxylation is 2. The fraction of sp³-hybridized carbons (Fsp3) is 0.370. The van der Waals surface area contributed by atoms with Crippen molar-refractivity contribution < 1.29 is 19.0 Å². The molecule has 192 valence electrons. The number of morpholine rings is 1. The van der Waals surface area contributed by atoms with E-state index in [0.29, 0.717) is 37.0 Å². The van der Waals surface area contributed by atoms with Crippen molar-refractivity contribution in [2.75, 3.05) is 26.9 Å². The van der Waals surface area contributed by atoms with Crippen LogP contribution in [0.15, 0.2) is 29.0 Å². The number of fused-ring (bicyclic) bond motifs is 3. The lowest BCUT2D eigenvalue weighted by Gasteiger charge is -2.41. The highest BCUT2D eigenvalue weighted by molar-refractivity contribution is 7.08. The van der Waals surface area contributed by atoms with Gasteiger partial charge in [0, 0.05) is 45.9 Å². The van der Waals surface area contributed by atoms with Gasteiger partial charge in [-0.3, -0.25) is 9.89 Å². The number of amides is 1. The number of hydrogen-bond donors (Lipinski definition) is 1. The van der Waals surface area contributed by atoms with E-state index in [-0.39, 0.29) is 12.5 Å². The molecule has 9 nitrogen and oxygen atoms in total. The number of nitrogens with zero attached hydrogens (tertiary/aromatic N) is 4. The number of aromatic nitrogens is 4. The smallest absolute Gasteiger partial charge is 0.275 e. The minimum absolute atomic E-state index is 0.110. The average molecular weight is 520 g/mol. The van der Waals surface area contributed by atoms with Gasteiger partial charge in [-0.2, -0.15) is 21.5 Å². The Morgan fingerprint density at radius 3 is 2.76 bits per heavy atom. The van der Waals surface area contributed by atoms with Crippen LogP contribution in [0.25, 0.3) is 28.1 Å². The Hall–Kier alpha value is -3.63. The standard InChI is InChI=1S/C27H29N5O4S/c1-15-23(16(2)29-28-15)18-10-19-22(11-21(18)34-5)36-12-20-24(26(33)31-7-8-35-14-27(31,3)4)30-32(25(19)20)17-6-9-37-13-17/h6,9-11,13H,7-8,12,14H2,1-5H3,(H,28,29). The second kappa shape index (κ2) is 8.74. The molecule has 37 heavy (non-hydrogen) atoms. The fourth-order valence-electron chi connectivity index (χ4n) is 5.29. The zero-order valence-corrected chi connectivity index (χ0v) is 22.4. The molecule has 4 aromatic rings. The Kier molecular flexibility index (Phi) is 5.61. The molecule has 2 aliphatic rings. The lowest BCUT2D eigenvalue weighted by Crippen LogP contribution is -2.55. The van der Waals surface area contributed by atoms with Crippen LogP contribution in [-0.2, 0) is 11.3 Å². The Morgan fingerprint density at radius 1 is 1.24 bits per heavy atom. The predicted molar refractivity (Wildman–Crippen MR) is 141 cm³/mol. The number of benzene rings is 1. The largest absolute Gasteiger partial charge is 0.496 e. The molecule has 1 fully saturated rings. The van der Waals surface area contributed by atoms with Crippen LogP contribution in [-0.4, -0.2) is 63.2 Å². The van der Waals surface area contributed by atoms with Crippen LogP contribution >= 0.6 is 11.3 Å². The molecule has 2 aliphatic heterocycles. The number of carbonyl (C=O) groups is 1. The van der Waals surface area contributed by atoms with Gasteiger partial charge in [-0.1, -0.05) is 0 Å². The zero-order chi connectivity index (χ0) is 25.9. The molecule has 1 N–H and O–H groups in total. The van der Waals surface area contributed by atoms with Gasteiger partial charge < -0.3 is 19.1 Å². The van der Waals surface area contributed by atoms with Gasteiger partial charge in [0.25, 0.3) is 5.91 Å². The van der Waals surface area contributed by atoms with Gasteiger partial charge in [0.1, 0.15) is 18.1 Å². The number of carbonyl (C=O) groups excluding carboxylic acids is 1. The number of methoxy groups -OCH3 is 1. The van der Waals surface area contributed by atoms with Crippen molar-refractivity contribution in [3.63, 3.8) is 0 Å². The number of nitrogens with one attached hydrogen (secondary N) is 1. The molecule has 6 rings (SSSR count). The van der Waals surface area contributed by atoms with Crippen molar-refractivity contribution in [1.82, 2.24) is 24.9 Å². The minimum atomic E-state index is -0.432. The lowest BCUT2D eigenvalue weighted by atomic mass is 9.94. The Balaban J connectivity index is 1.57. The molecule has 0 saturated carbocycles. The number of hydrogen-bond acceptors (Lipinski definition) is 7. The molecule has 0 bridgehead atoms. The molecular weight excluding hydrogens is 490 g/mol. The van der Waals surface area contributed by atoms with Gasteiger partial charge in [0.05, 0.1) is 42.9 Å². The van der Waals surface area contributed by atoms with Gasteiger partial charge in [-0.15, -0.1) is 0 Å². The van der Waals surface area contributed by atoms with Crippen LogP contribution in [0.2, 0.25) is 0 Å². The molecule has 1 saturated heterocycles. The van der Waals surface area contributed by atoms with E-state index in [1.54, 1.807) is 18.4 Å². The SMILES string of the molecule is COc1cc2c(cc1-c1c(C)n[nH]c1C)-c1c(c(C(=O)N3CCOCC3(C)C)nn1-c1ccsc1)CO2. The summed E-state index contributed by atoms with van der Waals surface area (Å²) in [7, 11) is 1.65. The first-order valence-corrected chi connectivity index (χ1v) is 13.2. The van der Waals surface area contributed by atoms with Crippen molar-refractivity contribution >= 4 is 17.2 Å². The highest BCUT2D eigenvalue weighted by Gasteiger charge is 2.39. The summed E-state index contributed by atoms with van der Waals surface area (Å²) in [5.74, 6) is 1.28. The van der Waals surface area contributed by atoms with Crippen molar-refractivity contribution in [3.05, 3.63) is 51.6 Å². The van der Waals surface area contributed by atoms with Crippen LogP contribution in [0.5, 0.6) is 11.5 Å². The van der Waals surface area contributed by atoms with E-state index in [1.807, 2.05) is 60.2 Å². The summed E-state index contributed by atoms with van der Waals surface area (Å²) in [4.78, 5) is 15.8. The summed E-state index contributed by atoms with van der Waals surface area (Å²) >= 11 is 1.59. The first kappa shape index (κ1) is 23.7. The second-order valence-corrected chi connectivity index (χ2v) is 10.8. The summed E-state index contributed by atoms with van der Waals surface area (Å²) in [6.45, 7) is 9.75. The quantitative estimate of drug-likeness (QED) is 0.418. The summed E-state index contributed by atoms with van der Waals surface area (Å²) < 4.78 is 19.5. The molecular formula is C27H29N5O4S. The van der Waals surface area contributed by atoms with Gasteiger partial charge in [-0.25, -0.2) is 4.68 Å². The van der Waals surface area contributed by atoms with Gasteiger partial charge in [-0.05, 0) is 45.2 Å². The van der Waals surface area contributed by atoms with Crippen molar-refractivity contribution in [3.8, 4) is 39.6 Å². The molecule has 0 radical (unpaired) electrons. The van der Waals surface area contributed by atoms with Crippen molar-refractivity contribution in [1.29, 1.82) is 0 Å². The third-order valence-corrected chi connectivity index (χ3v) is 7.82. The summed E-state index contributed by atoms with van der Waals surface area (Å²) in [6, 6.07) is 5.99. The van der Waals surface area contributed by atoms with Gasteiger partial charge in [0.2, 0.25) is 0 Å². The van der Waals surface area contributed by atoms with Crippen molar-refractivity contribution in [2.24, 2.45) is 0 Å². The molecule has 0 spiro atoms. The predicted octanol–water partition coefficient (Wildman–Crippen LogP) is 4.76. The molecule has 1 amide bonds. The normalized spacial score (nSPS) is 16.2.